The summed E-state index contributed by atoms with van der Waals surface area (Å²) < 4.78 is 5.10. The van der Waals surface area contributed by atoms with E-state index in [9.17, 15) is 4.79 Å². The van der Waals surface area contributed by atoms with Crippen LogP contribution in [0.2, 0.25) is 0 Å². The quantitative estimate of drug-likeness (QED) is 0.737. The number of benzene rings is 2. The molecular weight excluding hydrogens is 276 g/mol. The standard InChI is InChI=1S/C18H21N2O2/c1-22-17-10-8-16(9-11-17)19-13-14-20-18(21)12-7-15-5-3-2-4-6-15/h2-6,8-12,19H,7,13-14H2,1H3,(H,20,21). The maximum Gasteiger partial charge on any atom is 0.224 e. The van der Waals surface area contributed by atoms with E-state index in [1.807, 2.05) is 54.6 Å². The average Bonchev–Trinajstić information content (AvgIpc) is 2.58. The zero-order valence-electron chi connectivity index (χ0n) is 12.7. The molecule has 2 aromatic rings. The van der Waals surface area contributed by atoms with E-state index in [-0.39, 0.29) is 5.91 Å². The molecule has 0 saturated heterocycles. The molecule has 2 aromatic carbocycles. The predicted octanol–water partition coefficient (Wildman–Crippen LogP) is 2.67. The smallest absolute Gasteiger partial charge is 0.224 e. The molecule has 0 aliphatic heterocycles. The third-order valence-corrected chi connectivity index (χ3v) is 3.21. The van der Waals surface area contributed by atoms with E-state index >= 15 is 0 Å². The summed E-state index contributed by atoms with van der Waals surface area (Å²) in [5, 5.41) is 6.10. The van der Waals surface area contributed by atoms with Crippen molar-refractivity contribution < 1.29 is 9.53 Å². The fourth-order valence-corrected chi connectivity index (χ4v) is 2.00. The summed E-state index contributed by atoms with van der Waals surface area (Å²) in [6.07, 6.45) is 2.32. The van der Waals surface area contributed by atoms with Crippen LogP contribution >= 0.6 is 0 Å². The molecule has 0 unspecified atom stereocenters. The summed E-state index contributed by atoms with van der Waals surface area (Å²) in [4.78, 5) is 11.7. The van der Waals surface area contributed by atoms with Gasteiger partial charge < -0.3 is 15.4 Å². The molecule has 2 rings (SSSR count). The number of carbonyl (C=O) groups excluding carboxylic acids is 1. The van der Waals surface area contributed by atoms with Crippen LogP contribution in [0.5, 0.6) is 5.75 Å². The third-order valence-electron chi connectivity index (χ3n) is 3.21. The molecule has 4 nitrogen and oxygen atoms in total. The molecule has 1 amide bonds. The number of methoxy groups -OCH3 is 1. The minimum atomic E-state index is -0.0413. The Labute approximate surface area is 131 Å². The molecule has 0 saturated carbocycles. The Kier molecular flexibility index (Phi) is 6.30. The highest BCUT2D eigenvalue weighted by atomic mass is 16.5. The number of amides is 1. The first kappa shape index (κ1) is 15.9. The SMILES string of the molecule is COc1ccc(NCCNC(=O)[CH]Cc2ccccc2)cc1. The van der Waals surface area contributed by atoms with Crippen molar-refractivity contribution in [1.82, 2.24) is 5.32 Å². The lowest BCUT2D eigenvalue weighted by atomic mass is 10.1. The van der Waals surface area contributed by atoms with Crippen molar-refractivity contribution in [2.75, 3.05) is 25.5 Å². The van der Waals surface area contributed by atoms with Crippen LogP contribution in [0, 0.1) is 6.42 Å². The van der Waals surface area contributed by atoms with E-state index in [2.05, 4.69) is 10.6 Å². The summed E-state index contributed by atoms with van der Waals surface area (Å²) in [5.41, 5.74) is 2.14. The van der Waals surface area contributed by atoms with Crippen molar-refractivity contribution >= 4 is 11.6 Å². The van der Waals surface area contributed by atoms with E-state index in [4.69, 9.17) is 4.74 Å². The van der Waals surface area contributed by atoms with E-state index < -0.39 is 0 Å². The zero-order chi connectivity index (χ0) is 15.6. The second-order valence-electron chi connectivity index (χ2n) is 4.84. The average molecular weight is 297 g/mol. The Hall–Kier alpha value is -2.49. The predicted molar refractivity (Wildman–Crippen MR) is 88.9 cm³/mol. The van der Waals surface area contributed by atoms with Gasteiger partial charge in [-0.1, -0.05) is 30.3 Å². The van der Waals surface area contributed by atoms with E-state index in [1.165, 1.54) is 0 Å². The number of rotatable bonds is 8. The second kappa shape index (κ2) is 8.72. The van der Waals surface area contributed by atoms with E-state index in [0.717, 1.165) is 17.0 Å². The van der Waals surface area contributed by atoms with Crippen molar-refractivity contribution in [3.05, 3.63) is 66.6 Å². The number of ether oxygens (including phenoxy) is 1. The van der Waals surface area contributed by atoms with Gasteiger partial charge in [-0.05, 0) is 36.2 Å². The first-order chi connectivity index (χ1) is 10.8. The van der Waals surface area contributed by atoms with Crippen LogP contribution < -0.4 is 15.4 Å². The van der Waals surface area contributed by atoms with E-state index in [0.29, 0.717) is 19.5 Å². The summed E-state index contributed by atoms with van der Waals surface area (Å²) in [7, 11) is 1.64. The van der Waals surface area contributed by atoms with Gasteiger partial charge in [0.15, 0.2) is 0 Å². The molecular formula is C18H21N2O2. The highest BCUT2D eigenvalue weighted by molar-refractivity contribution is 5.84. The van der Waals surface area contributed by atoms with Crippen molar-refractivity contribution in [3.8, 4) is 5.75 Å². The fourth-order valence-electron chi connectivity index (χ4n) is 2.00. The molecule has 4 heteroatoms. The molecule has 0 aliphatic rings. The second-order valence-corrected chi connectivity index (χ2v) is 4.84. The van der Waals surface area contributed by atoms with Crippen LogP contribution in [0.4, 0.5) is 5.69 Å². The van der Waals surface area contributed by atoms with Crippen molar-refractivity contribution in [2.24, 2.45) is 0 Å². The molecule has 0 aromatic heterocycles. The lowest BCUT2D eigenvalue weighted by Crippen LogP contribution is -2.29. The van der Waals surface area contributed by atoms with Crippen LogP contribution in [0.25, 0.3) is 0 Å². The van der Waals surface area contributed by atoms with Crippen molar-refractivity contribution in [2.45, 2.75) is 6.42 Å². The third kappa shape index (κ3) is 5.48. The van der Waals surface area contributed by atoms with Crippen LogP contribution in [-0.2, 0) is 11.2 Å². The zero-order valence-corrected chi connectivity index (χ0v) is 12.7. The van der Waals surface area contributed by atoms with Gasteiger partial charge in [0.25, 0.3) is 0 Å². The highest BCUT2D eigenvalue weighted by Crippen LogP contribution is 2.14. The lowest BCUT2D eigenvalue weighted by Gasteiger charge is -2.08. The monoisotopic (exact) mass is 297 g/mol. The molecule has 0 bridgehead atoms. The topological polar surface area (TPSA) is 50.4 Å². The van der Waals surface area contributed by atoms with Gasteiger partial charge in [-0.3, -0.25) is 4.79 Å². The lowest BCUT2D eigenvalue weighted by molar-refractivity contribution is -0.117. The Morgan fingerprint density at radius 1 is 1.05 bits per heavy atom. The maximum atomic E-state index is 11.7. The minimum absolute atomic E-state index is 0.0413. The Bertz CT molecular complexity index is 567. The first-order valence-electron chi connectivity index (χ1n) is 7.31. The Morgan fingerprint density at radius 3 is 2.45 bits per heavy atom. The number of carbonyl (C=O) groups is 1. The minimum Gasteiger partial charge on any atom is -0.497 e. The van der Waals surface area contributed by atoms with Gasteiger partial charge in [0.05, 0.1) is 13.5 Å². The highest BCUT2D eigenvalue weighted by Gasteiger charge is 2.02. The van der Waals surface area contributed by atoms with Crippen molar-refractivity contribution in [3.63, 3.8) is 0 Å². The van der Waals surface area contributed by atoms with Crippen LogP contribution in [-0.4, -0.2) is 26.1 Å². The molecule has 115 valence electrons. The molecule has 0 fully saturated rings. The normalized spacial score (nSPS) is 10.0. The van der Waals surface area contributed by atoms with Gasteiger partial charge in [-0.25, -0.2) is 0 Å². The number of hydrogen-bond donors (Lipinski definition) is 2. The Morgan fingerprint density at radius 2 is 1.77 bits per heavy atom. The summed E-state index contributed by atoms with van der Waals surface area (Å²) >= 11 is 0. The maximum absolute atomic E-state index is 11.7. The van der Waals surface area contributed by atoms with E-state index in [1.54, 1.807) is 13.5 Å². The van der Waals surface area contributed by atoms with Crippen LogP contribution in [0.1, 0.15) is 5.56 Å². The van der Waals surface area contributed by atoms with Crippen LogP contribution in [0.15, 0.2) is 54.6 Å². The molecule has 2 N–H and O–H groups in total. The molecule has 0 heterocycles. The van der Waals surface area contributed by atoms with Gasteiger partial charge in [-0.2, -0.15) is 0 Å². The van der Waals surface area contributed by atoms with Gasteiger partial charge in [0, 0.05) is 18.8 Å². The fraction of sp³-hybridized carbons (Fsp3) is 0.222. The molecule has 1 radical (unpaired) electrons. The summed E-state index contributed by atoms with van der Waals surface area (Å²) in [6, 6.07) is 17.6. The number of anilines is 1. The number of hydrogen-bond acceptors (Lipinski definition) is 3. The summed E-state index contributed by atoms with van der Waals surface area (Å²) in [5.74, 6) is 0.787. The Balaban J connectivity index is 1.60. The van der Waals surface area contributed by atoms with Crippen LogP contribution in [0.3, 0.4) is 0 Å². The molecule has 22 heavy (non-hydrogen) atoms. The van der Waals surface area contributed by atoms with Gasteiger partial charge >= 0.3 is 0 Å². The summed E-state index contributed by atoms with van der Waals surface area (Å²) in [6.45, 7) is 1.26. The molecule has 0 atom stereocenters. The first-order valence-corrected chi connectivity index (χ1v) is 7.31. The molecule has 0 aliphatic carbocycles. The van der Waals surface area contributed by atoms with Gasteiger partial charge in [0.2, 0.25) is 5.91 Å². The van der Waals surface area contributed by atoms with Gasteiger partial charge in [-0.15, -0.1) is 0 Å². The number of nitrogens with one attached hydrogen (secondary N) is 2. The van der Waals surface area contributed by atoms with Crippen molar-refractivity contribution in [1.29, 1.82) is 0 Å². The largest absolute Gasteiger partial charge is 0.497 e. The van der Waals surface area contributed by atoms with Gasteiger partial charge in [0.1, 0.15) is 5.75 Å². The molecule has 0 spiro atoms.